The van der Waals surface area contributed by atoms with Gasteiger partial charge in [0.15, 0.2) is 5.78 Å². The molecule has 13 rings (SSSR count). The molecule has 382 valence electrons. The first-order chi connectivity index (χ1) is 34.1. The van der Waals surface area contributed by atoms with Crippen LogP contribution in [0.15, 0.2) is 70.4 Å². The van der Waals surface area contributed by atoms with Crippen LogP contribution >= 0.6 is 31.9 Å². The Balaban J connectivity index is 0.000000144. The normalized spacial score (nSPS) is 22.2. The molecule has 4 N–H and O–H groups in total. The molecular weight excluding hydrogens is 1060 g/mol. The van der Waals surface area contributed by atoms with Crippen molar-refractivity contribution < 1.29 is 42.0 Å². The Kier molecular flexibility index (Phi) is 14.7. The quantitative estimate of drug-likeness (QED) is 0.123. The number of ether oxygens (including phenoxy) is 6. The molecular formula is C52H59Br2F2N9O7. The highest BCUT2D eigenvalue weighted by Crippen LogP contribution is 2.59. The molecule has 4 bridgehead atoms. The van der Waals surface area contributed by atoms with E-state index >= 15 is 0 Å². The SMILES string of the molecule is COc1c(Br)cn2cc(C34COC(C)(C3)C4)nc2c1C.COc1c(Br)cnc(N)c1C.COc1c(CC(=O)c2cccc(C(F)F)n2)cn2cc(C34COC(C)(C3)C4)nc2c1C.COc1ccnc(N)c1C. The van der Waals surface area contributed by atoms with Gasteiger partial charge in [0.2, 0.25) is 0 Å². The number of anilines is 2. The number of methoxy groups -OCH3 is 4. The van der Waals surface area contributed by atoms with E-state index in [2.05, 4.69) is 71.3 Å². The minimum absolute atomic E-state index is 0.0136. The van der Waals surface area contributed by atoms with Crippen LogP contribution in [0.3, 0.4) is 0 Å². The van der Waals surface area contributed by atoms with E-state index in [1.807, 2.05) is 50.7 Å². The van der Waals surface area contributed by atoms with Crippen molar-refractivity contribution in [1.82, 2.24) is 33.7 Å². The van der Waals surface area contributed by atoms with Crippen LogP contribution < -0.4 is 30.4 Å². The third-order valence-corrected chi connectivity index (χ3v) is 15.2. The number of nitrogens with two attached hydrogens (primary N) is 2. The summed E-state index contributed by atoms with van der Waals surface area (Å²) in [4.78, 5) is 34.2. The summed E-state index contributed by atoms with van der Waals surface area (Å²) in [6.45, 7) is 13.5. The lowest BCUT2D eigenvalue weighted by Crippen LogP contribution is -2.45. The number of halogens is 4. The maximum absolute atomic E-state index is 13.0. The highest BCUT2D eigenvalue weighted by Gasteiger charge is 2.62. The van der Waals surface area contributed by atoms with Gasteiger partial charge in [-0.2, -0.15) is 0 Å². The lowest BCUT2D eigenvalue weighted by Gasteiger charge is -2.41. The number of nitrogen functional groups attached to an aromatic ring is 2. The van der Waals surface area contributed by atoms with Gasteiger partial charge in [0.1, 0.15) is 57.3 Å². The molecule has 0 atom stereocenters. The van der Waals surface area contributed by atoms with E-state index in [0.717, 1.165) is 103 Å². The molecule has 2 aliphatic carbocycles. The molecule has 6 aliphatic rings. The Morgan fingerprint density at radius 2 is 1.22 bits per heavy atom. The van der Waals surface area contributed by atoms with Gasteiger partial charge in [-0.1, -0.05) is 6.07 Å². The van der Waals surface area contributed by atoms with Crippen LogP contribution in [0.25, 0.3) is 11.3 Å². The van der Waals surface area contributed by atoms with Gasteiger partial charge in [0.25, 0.3) is 6.43 Å². The monoisotopic (exact) mass is 1120 g/mol. The molecule has 0 radical (unpaired) electrons. The van der Waals surface area contributed by atoms with Gasteiger partial charge in [-0.05, 0) is 117 Å². The van der Waals surface area contributed by atoms with Crippen LogP contribution in [0.2, 0.25) is 0 Å². The first-order valence-corrected chi connectivity index (χ1v) is 24.7. The average Bonchev–Trinajstić information content (AvgIpc) is 4.20. The number of fused-ring (bicyclic) bond motifs is 4. The van der Waals surface area contributed by atoms with E-state index in [4.69, 9.17) is 49.9 Å². The number of aryl methyl sites for hydroxylation is 2. The Bertz CT molecular complexity index is 3190. The van der Waals surface area contributed by atoms with Crippen molar-refractivity contribution in [3.8, 4) is 23.0 Å². The van der Waals surface area contributed by atoms with Crippen LogP contribution in [0.4, 0.5) is 20.4 Å². The molecule has 0 amide bonds. The number of carbonyl (C=O) groups is 1. The number of hydrogen-bond donors (Lipinski definition) is 2. The Morgan fingerprint density at radius 1 is 0.694 bits per heavy atom. The molecule has 0 unspecified atom stereocenters. The fourth-order valence-electron chi connectivity index (χ4n) is 10.6. The van der Waals surface area contributed by atoms with Crippen LogP contribution in [0.1, 0.15) is 101 Å². The first kappa shape index (κ1) is 52.4. The van der Waals surface area contributed by atoms with Crippen LogP contribution in [-0.2, 0) is 26.7 Å². The number of rotatable bonds is 10. The summed E-state index contributed by atoms with van der Waals surface area (Å²) in [5.41, 5.74) is 19.0. The van der Waals surface area contributed by atoms with Gasteiger partial charge in [0, 0.05) is 82.2 Å². The van der Waals surface area contributed by atoms with E-state index in [1.165, 1.54) is 18.2 Å². The number of nitrogens with zero attached hydrogens (tertiary/aromatic N) is 7. The molecule has 0 spiro atoms. The summed E-state index contributed by atoms with van der Waals surface area (Å²) in [6, 6.07) is 5.87. The predicted molar refractivity (Wildman–Crippen MR) is 276 cm³/mol. The topological polar surface area (TPSA) is 198 Å². The summed E-state index contributed by atoms with van der Waals surface area (Å²) in [6.07, 6.45) is 12.6. The summed E-state index contributed by atoms with van der Waals surface area (Å²) >= 11 is 6.85. The Hall–Kier alpha value is -5.96. The molecule has 0 aromatic carbocycles. The van der Waals surface area contributed by atoms with E-state index in [0.29, 0.717) is 29.6 Å². The minimum atomic E-state index is -2.72. The summed E-state index contributed by atoms with van der Waals surface area (Å²) in [7, 11) is 6.45. The van der Waals surface area contributed by atoms with Crippen molar-refractivity contribution in [2.24, 2.45) is 0 Å². The second kappa shape index (κ2) is 20.2. The third-order valence-electron chi connectivity index (χ3n) is 14.1. The number of alkyl halides is 2. The number of hydrogen-bond acceptors (Lipinski definition) is 14. The maximum Gasteiger partial charge on any atom is 0.280 e. The van der Waals surface area contributed by atoms with Gasteiger partial charge in [-0.3, -0.25) is 4.79 Å². The van der Waals surface area contributed by atoms with Crippen molar-refractivity contribution in [3.63, 3.8) is 0 Å². The van der Waals surface area contributed by atoms with Gasteiger partial charge in [-0.15, -0.1) is 0 Å². The van der Waals surface area contributed by atoms with Gasteiger partial charge in [0.05, 0.1) is 73.2 Å². The van der Waals surface area contributed by atoms with Gasteiger partial charge >= 0.3 is 0 Å². The van der Waals surface area contributed by atoms with Gasteiger partial charge < -0.3 is 48.7 Å². The fourth-order valence-corrected chi connectivity index (χ4v) is 11.9. The van der Waals surface area contributed by atoms with Crippen molar-refractivity contribution >= 4 is 60.6 Å². The number of carbonyl (C=O) groups excluding carboxylic acids is 1. The largest absolute Gasteiger partial charge is 0.496 e. The molecule has 4 saturated heterocycles. The number of aromatic nitrogens is 7. The summed E-state index contributed by atoms with van der Waals surface area (Å²) in [5.74, 6) is 3.64. The third kappa shape index (κ3) is 9.81. The van der Waals surface area contributed by atoms with E-state index in [-0.39, 0.29) is 39.9 Å². The molecule has 7 aromatic heterocycles. The van der Waals surface area contributed by atoms with E-state index in [1.54, 1.807) is 46.9 Å². The zero-order valence-electron chi connectivity index (χ0n) is 42.0. The molecule has 7 aromatic rings. The average molecular weight is 1120 g/mol. The molecule has 6 fully saturated rings. The number of pyridine rings is 5. The molecule has 72 heavy (non-hydrogen) atoms. The molecule has 4 aliphatic heterocycles. The standard InChI is InChI=1S/C23H23F2N3O3.C15H17BrN2O2.C7H9BrN2O.C7H10N2O/c1-13-19(30-3)14(7-17(29)15-5-4-6-16(26-15)20(24)25)8-28-9-18(27-21(13)28)23-10-22(2,11-23)31-12-23;1-9-12(19-3)10(16)4-18-5-11(17-13(9)18)15-6-14(2,7-15)20-8-15;1-4-6(11-2)5(8)3-10-7(4)9;1-5-6(10-2)3-4-9-7(5)8/h4-6,8-9,20H,7,10-12H2,1-3H3;4-5H,6-8H2,1-3H3;3H,1-2H3,(H2,9,10);3-4H,1-2H3,(H2,8,9). The van der Waals surface area contributed by atoms with Gasteiger partial charge in [-0.25, -0.2) is 33.7 Å². The van der Waals surface area contributed by atoms with Crippen LogP contribution in [0.5, 0.6) is 23.0 Å². The zero-order chi connectivity index (χ0) is 52.1. The Labute approximate surface area is 433 Å². The second-order valence-electron chi connectivity index (χ2n) is 19.4. The summed E-state index contributed by atoms with van der Waals surface area (Å²) < 4.78 is 64.6. The lowest BCUT2D eigenvalue weighted by atomic mass is 9.62. The first-order valence-electron chi connectivity index (χ1n) is 23.2. The van der Waals surface area contributed by atoms with E-state index < -0.39 is 12.1 Å². The fraction of sp³-hybridized carbons (Fsp3) is 0.423. The van der Waals surface area contributed by atoms with Crippen molar-refractivity contribution in [1.29, 1.82) is 0 Å². The number of ketones is 1. The molecule has 20 heteroatoms. The van der Waals surface area contributed by atoms with E-state index in [9.17, 15) is 13.6 Å². The highest BCUT2D eigenvalue weighted by molar-refractivity contribution is 9.11. The minimum Gasteiger partial charge on any atom is -0.496 e. The highest BCUT2D eigenvalue weighted by atomic mass is 79.9. The molecule has 11 heterocycles. The van der Waals surface area contributed by atoms with Crippen molar-refractivity contribution in [3.05, 3.63) is 121 Å². The zero-order valence-corrected chi connectivity index (χ0v) is 45.1. The van der Waals surface area contributed by atoms with Crippen molar-refractivity contribution in [2.75, 3.05) is 53.1 Å². The maximum atomic E-state index is 13.0. The van der Waals surface area contributed by atoms with Crippen molar-refractivity contribution in [2.45, 2.75) is 102 Å². The molecule has 2 saturated carbocycles. The lowest BCUT2D eigenvalue weighted by molar-refractivity contribution is 0.0151. The number of imidazole rings is 2. The second-order valence-corrected chi connectivity index (χ2v) is 21.1. The number of Topliss-reactive ketones (excluding diaryl/α,β-unsaturated/α-hetero) is 1. The Morgan fingerprint density at radius 3 is 1.71 bits per heavy atom. The molecule has 16 nitrogen and oxygen atoms in total. The summed E-state index contributed by atoms with van der Waals surface area (Å²) in [5, 5.41) is 0. The van der Waals surface area contributed by atoms with Crippen LogP contribution in [-0.4, -0.2) is 92.4 Å². The van der Waals surface area contributed by atoms with Crippen LogP contribution in [0, 0.1) is 27.7 Å². The predicted octanol–water partition coefficient (Wildman–Crippen LogP) is 10.2. The smallest absolute Gasteiger partial charge is 0.280 e.